The van der Waals surface area contributed by atoms with Gasteiger partial charge in [0.15, 0.2) is 10.6 Å². The van der Waals surface area contributed by atoms with Gasteiger partial charge in [-0.3, -0.25) is 4.79 Å². The largest absolute Gasteiger partial charge is 0.466 e. The summed E-state index contributed by atoms with van der Waals surface area (Å²) in [6, 6.07) is 6.27. The third kappa shape index (κ3) is 5.15. The van der Waals surface area contributed by atoms with Gasteiger partial charge in [0.1, 0.15) is 5.92 Å². The molecule has 1 aromatic carbocycles. The minimum Gasteiger partial charge on any atom is -0.466 e. The fourth-order valence-electron chi connectivity index (χ4n) is 3.37. The van der Waals surface area contributed by atoms with Crippen LogP contribution >= 0.6 is 23.6 Å². The van der Waals surface area contributed by atoms with E-state index in [4.69, 9.17) is 17.0 Å². The highest BCUT2D eigenvalue weighted by atomic mass is 32.1. The van der Waals surface area contributed by atoms with E-state index in [-0.39, 0.29) is 11.9 Å². The fourth-order valence-corrected chi connectivity index (χ4v) is 4.39. The smallest absolute Gasteiger partial charge is 0.314 e. The van der Waals surface area contributed by atoms with Gasteiger partial charge in [-0.25, -0.2) is 0 Å². The van der Waals surface area contributed by atoms with Gasteiger partial charge in [-0.05, 0) is 69.1 Å². The lowest BCUT2D eigenvalue weighted by Gasteiger charge is -2.28. The number of carbonyl (C=O) groups is 1. The summed E-state index contributed by atoms with van der Waals surface area (Å²) in [6.07, 6.45) is 1.93. The summed E-state index contributed by atoms with van der Waals surface area (Å²) in [7, 11) is 0. The molecule has 1 aliphatic heterocycles. The number of ether oxygens (including phenoxy) is 1. The predicted octanol–water partition coefficient (Wildman–Crippen LogP) is 2.85. The highest BCUT2D eigenvalue weighted by Gasteiger charge is 2.30. The van der Waals surface area contributed by atoms with Crippen LogP contribution in [-0.2, 0) is 16.2 Å². The molecule has 0 radical (unpaired) electrons. The van der Waals surface area contributed by atoms with Crippen molar-refractivity contribution >= 4 is 40.3 Å². The number of rotatable bonds is 6. The normalized spacial score (nSPS) is 19.7. The Hall–Kier alpha value is -1.77. The van der Waals surface area contributed by atoms with Crippen LogP contribution < -0.4 is 10.2 Å². The summed E-state index contributed by atoms with van der Waals surface area (Å²) in [5.41, 5.74) is 3.52. The van der Waals surface area contributed by atoms with Crippen LogP contribution in [0.3, 0.4) is 0 Å². The van der Waals surface area contributed by atoms with E-state index in [0.29, 0.717) is 13.3 Å². The maximum atomic E-state index is 12.0. The molecule has 2 aromatic rings. The molecule has 3 rings (SSSR count). The average molecular weight is 408 g/mol. The Bertz CT molecular complexity index is 862. The second-order valence-corrected chi connectivity index (χ2v) is 8.67. The van der Waals surface area contributed by atoms with E-state index in [1.807, 2.05) is 11.6 Å². The summed E-state index contributed by atoms with van der Waals surface area (Å²) in [5, 5.41) is 8.78. The van der Waals surface area contributed by atoms with Crippen LogP contribution in [0.4, 0.5) is 10.8 Å². The van der Waals surface area contributed by atoms with E-state index in [2.05, 4.69) is 42.5 Å². The summed E-state index contributed by atoms with van der Waals surface area (Å²) < 4.78 is 7.80. The molecule has 2 atom stereocenters. The topological polar surface area (TPSA) is 60.6 Å². The average Bonchev–Trinajstić information content (AvgIpc) is 2.97. The first kappa shape index (κ1) is 20.0. The Kier molecular flexibility index (Phi) is 6.62. The molecule has 27 heavy (non-hydrogen) atoms. The number of likely N-dealkylation sites (tertiary alicyclic amines) is 1. The van der Waals surface area contributed by atoms with E-state index in [1.54, 1.807) is 0 Å². The number of piperidine rings is 1. The van der Waals surface area contributed by atoms with Crippen LogP contribution in [0, 0.1) is 23.7 Å². The molecule has 146 valence electrons. The van der Waals surface area contributed by atoms with Gasteiger partial charge in [0, 0.05) is 5.69 Å². The van der Waals surface area contributed by atoms with Gasteiger partial charge < -0.3 is 15.0 Å². The maximum absolute atomic E-state index is 12.0. The van der Waals surface area contributed by atoms with Crippen molar-refractivity contribution in [3.63, 3.8) is 0 Å². The third-order valence-corrected chi connectivity index (χ3v) is 6.20. The van der Waals surface area contributed by atoms with Gasteiger partial charge in [0.25, 0.3) is 0 Å². The third-order valence-electron chi connectivity index (χ3n) is 4.98. The Morgan fingerprint density at radius 3 is 3.00 bits per heavy atom. The number of nitrogens with one attached hydrogen (secondary N) is 2. The fraction of sp³-hybridized carbons (Fsp3) is 0.526. The van der Waals surface area contributed by atoms with Crippen LogP contribution in [0.25, 0.3) is 0 Å². The number of anilines is 2. The first-order valence-corrected chi connectivity index (χ1v) is 10.6. The van der Waals surface area contributed by atoms with Gasteiger partial charge in [0.2, 0.25) is 5.13 Å². The zero-order valence-electron chi connectivity index (χ0n) is 16.1. The monoisotopic (exact) mass is 407 g/mol. The molecule has 0 saturated carbocycles. The molecule has 6 nitrogen and oxygen atoms in total. The first-order chi connectivity index (χ1) is 13.0. The zero-order chi connectivity index (χ0) is 19.4. The van der Waals surface area contributed by atoms with Crippen LogP contribution in [-0.4, -0.2) is 35.4 Å². The molecular weight excluding hydrogens is 380 g/mol. The standard InChI is InChI=1S/C19H26N4O2S2/c1-4-25-17(24)15-6-5-9-22(11-15)12-23-19(26)27-18(21-23)20-16-8-7-13(2)14(3)10-16/h7-8,10,15H,4-6,9,11-12H2,1-3H3,(H,20,21)/p+1/t15-/m0/s1. The zero-order valence-corrected chi connectivity index (χ0v) is 17.7. The van der Waals surface area contributed by atoms with Gasteiger partial charge in [0.05, 0.1) is 19.7 Å². The highest BCUT2D eigenvalue weighted by molar-refractivity contribution is 7.73. The van der Waals surface area contributed by atoms with Gasteiger partial charge in [-0.2, -0.15) is 4.68 Å². The molecule has 2 N–H and O–H groups in total. The molecule has 1 aliphatic rings. The van der Waals surface area contributed by atoms with E-state index >= 15 is 0 Å². The van der Waals surface area contributed by atoms with Gasteiger partial charge in [-0.1, -0.05) is 17.4 Å². The van der Waals surface area contributed by atoms with Crippen LogP contribution in [0.15, 0.2) is 18.2 Å². The Balaban J connectivity index is 1.65. The summed E-state index contributed by atoms with van der Waals surface area (Å²) in [5.74, 6) is -0.0942. The number of nitrogens with zero attached hydrogens (tertiary/aromatic N) is 2. The highest BCUT2D eigenvalue weighted by Crippen LogP contribution is 2.22. The number of aromatic nitrogens is 2. The van der Waals surface area contributed by atoms with Crippen LogP contribution in [0.1, 0.15) is 30.9 Å². The molecule has 0 aliphatic carbocycles. The maximum Gasteiger partial charge on any atom is 0.314 e. The minimum absolute atomic E-state index is 0.0189. The number of hydrogen-bond donors (Lipinski definition) is 2. The molecule has 1 saturated heterocycles. The number of quaternary nitrogens is 1. The number of carbonyl (C=O) groups excluding carboxylic acids is 1. The van der Waals surface area contributed by atoms with E-state index in [0.717, 1.165) is 40.7 Å². The molecule has 8 heteroatoms. The molecule has 0 bridgehead atoms. The van der Waals surface area contributed by atoms with Crippen molar-refractivity contribution in [2.75, 3.05) is 25.0 Å². The second-order valence-electron chi connectivity index (χ2n) is 7.05. The van der Waals surface area contributed by atoms with Crippen molar-refractivity contribution in [1.82, 2.24) is 9.78 Å². The van der Waals surface area contributed by atoms with Crippen molar-refractivity contribution in [2.45, 2.75) is 40.3 Å². The minimum atomic E-state index is -0.0753. The molecule has 1 aromatic heterocycles. The Morgan fingerprint density at radius 1 is 1.44 bits per heavy atom. The molecular formula is C19H27N4O2S2+. The van der Waals surface area contributed by atoms with E-state index in [1.165, 1.54) is 27.4 Å². The van der Waals surface area contributed by atoms with Crippen LogP contribution in [0.5, 0.6) is 0 Å². The number of aryl methyl sites for hydroxylation is 2. The second kappa shape index (κ2) is 8.95. The quantitative estimate of drug-likeness (QED) is 0.570. The molecule has 0 amide bonds. The van der Waals surface area contributed by atoms with Crippen molar-refractivity contribution in [2.24, 2.45) is 5.92 Å². The van der Waals surface area contributed by atoms with E-state index < -0.39 is 0 Å². The number of hydrogen-bond acceptors (Lipinski definition) is 6. The molecule has 2 heterocycles. The number of benzene rings is 1. The first-order valence-electron chi connectivity index (χ1n) is 9.38. The molecule has 1 unspecified atom stereocenters. The molecule has 0 spiro atoms. The SMILES string of the molecule is CCOC(=O)[C@H]1CCC[NH+](Cn2nc(Nc3ccc(C)c(C)c3)sc2=S)C1. The van der Waals surface area contributed by atoms with Gasteiger partial charge in [-0.15, -0.1) is 5.10 Å². The van der Waals surface area contributed by atoms with E-state index in [9.17, 15) is 4.79 Å². The van der Waals surface area contributed by atoms with Crippen molar-refractivity contribution in [3.8, 4) is 0 Å². The summed E-state index contributed by atoms with van der Waals surface area (Å²) in [6.45, 7) is 8.97. The molecule has 1 fully saturated rings. The van der Waals surface area contributed by atoms with Crippen LogP contribution in [0.2, 0.25) is 0 Å². The Morgan fingerprint density at radius 2 is 2.26 bits per heavy atom. The van der Waals surface area contributed by atoms with Crippen molar-refractivity contribution < 1.29 is 14.4 Å². The van der Waals surface area contributed by atoms with Gasteiger partial charge >= 0.3 is 5.97 Å². The van der Waals surface area contributed by atoms with Crippen molar-refractivity contribution in [1.29, 1.82) is 0 Å². The predicted molar refractivity (Wildman–Crippen MR) is 110 cm³/mol. The lowest BCUT2D eigenvalue weighted by atomic mass is 9.99. The Labute approximate surface area is 169 Å². The summed E-state index contributed by atoms with van der Waals surface area (Å²) in [4.78, 5) is 13.4. The lowest BCUT2D eigenvalue weighted by molar-refractivity contribution is -0.930. The number of esters is 1. The summed E-state index contributed by atoms with van der Waals surface area (Å²) >= 11 is 6.97. The van der Waals surface area contributed by atoms with Crippen molar-refractivity contribution in [3.05, 3.63) is 33.3 Å². The lowest BCUT2D eigenvalue weighted by Crippen LogP contribution is -3.13.